The molecule has 1 aliphatic rings. The number of rotatable bonds is 2. The van der Waals surface area contributed by atoms with Crippen LogP contribution in [0.4, 0.5) is 10.2 Å². The van der Waals surface area contributed by atoms with Gasteiger partial charge in [-0.15, -0.1) is 0 Å². The van der Waals surface area contributed by atoms with Crippen LogP contribution in [0.5, 0.6) is 0 Å². The molecule has 2 aromatic rings. The quantitative estimate of drug-likeness (QED) is 0.851. The second-order valence-electron chi connectivity index (χ2n) is 4.98. The van der Waals surface area contributed by atoms with Gasteiger partial charge in [-0.1, -0.05) is 30.3 Å². The van der Waals surface area contributed by atoms with Crippen molar-refractivity contribution >= 4 is 11.7 Å². The Kier molecular flexibility index (Phi) is 3.46. The molecule has 0 bridgehead atoms. The third-order valence-corrected chi connectivity index (χ3v) is 3.65. The zero-order chi connectivity index (χ0) is 13.9. The van der Waals surface area contributed by atoms with E-state index in [2.05, 4.69) is 16.4 Å². The van der Waals surface area contributed by atoms with E-state index in [4.69, 9.17) is 0 Å². The van der Waals surface area contributed by atoms with Crippen molar-refractivity contribution in [3.8, 4) is 0 Å². The van der Waals surface area contributed by atoms with Gasteiger partial charge in [-0.3, -0.25) is 4.79 Å². The van der Waals surface area contributed by atoms with Crippen molar-refractivity contribution in [3.63, 3.8) is 0 Å². The van der Waals surface area contributed by atoms with Crippen LogP contribution < -0.4 is 5.32 Å². The van der Waals surface area contributed by atoms with Crippen LogP contribution >= 0.6 is 0 Å². The van der Waals surface area contributed by atoms with Crippen LogP contribution in [0.25, 0.3) is 0 Å². The zero-order valence-corrected chi connectivity index (χ0v) is 11.0. The Hall–Kier alpha value is -2.23. The van der Waals surface area contributed by atoms with Crippen molar-refractivity contribution in [2.45, 2.75) is 25.2 Å². The number of hydrogen-bond donors (Lipinski definition) is 1. The molecule has 0 radical (unpaired) electrons. The number of pyridine rings is 1. The Bertz CT molecular complexity index is 642. The van der Waals surface area contributed by atoms with E-state index in [1.54, 1.807) is 6.07 Å². The molecule has 0 aliphatic heterocycles. The minimum atomic E-state index is -0.591. The molecule has 102 valence electrons. The summed E-state index contributed by atoms with van der Waals surface area (Å²) in [6.07, 6.45) is 2.82. The molecule has 4 heteroatoms. The maximum Gasteiger partial charge on any atom is 0.233 e. The van der Waals surface area contributed by atoms with Gasteiger partial charge in [0.1, 0.15) is 5.82 Å². The number of carbonyl (C=O) groups is 1. The average molecular weight is 270 g/mol. The minimum Gasteiger partial charge on any atom is -0.310 e. The third kappa shape index (κ3) is 2.54. The van der Waals surface area contributed by atoms with Crippen LogP contribution in [0.15, 0.2) is 42.5 Å². The highest BCUT2D eigenvalue weighted by Gasteiger charge is 2.26. The minimum absolute atomic E-state index is 0.116. The van der Waals surface area contributed by atoms with E-state index in [0.717, 1.165) is 24.8 Å². The summed E-state index contributed by atoms with van der Waals surface area (Å²) >= 11 is 0. The van der Waals surface area contributed by atoms with Crippen LogP contribution in [-0.4, -0.2) is 10.9 Å². The molecule has 20 heavy (non-hydrogen) atoms. The van der Waals surface area contributed by atoms with E-state index in [9.17, 15) is 9.18 Å². The molecule has 0 spiro atoms. The van der Waals surface area contributed by atoms with E-state index < -0.39 is 5.95 Å². The molecule has 1 amide bonds. The number of nitrogens with zero attached hydrogens (tertiary/aromatic N) is 1. The van der Waals surface area contributed by atoms with Gasteiger partial charge in [0.25, 0.3) is 0 Å². The number of nitrogens with one attached hydrogen (secondary N) is 1. The number of carbonyl (C=O) groups excluding carboxylic acids is 1. The van der Waals surface area contributed by atoms with Crippen molar-refractivity contribution < 1.29 is 9.18 Å². The summed E-state index contributed by atoms with van der Waals surface area (Å²) in [5.74, 6) is -0.620. The summed E-state index contributed by atoms with van der Waals surface area (Å²) in [6, 6.07) is 12.4. The van der Waals surface area contributed by atoms with Crippen LogP contribution in [-0.2, 0) is 11.2 Å². The van der Waals surface area contributed by atoms with Crippen molar-refractivity contribution in [3.05, 3.63) is 59.5 Å². The first kappa shape index (κ1) is 12.8. The van der Waals surface area contributed by atoms with Gasteiger partial charge in [0, 0.05) is 0 Å². The Labute approximate surface area is 116 Å². The van der Waals surface area contributed by atoms with Crippen molar-refractivity contribution in [1.29, 1.82) is 0 Å². The number of amides is 1. The molecule has 0 saturated heterocycles. The lowest BCUT2D eigenvalue weighted by Gasteiger charge is -2.24. The first-order chi connectivity index (χ1) is 9.74. The van der Waals surface area contributed by atoms with Crippen LogP contribution in [0.3, 0.4) is 0 Å². The monoisotopic (exact) mass is 270 g/mol. The summed E-state index contributed by atoms with van der Waals surface area (Å²) in [5, 5.41) is 2.70. The van der Waals surface area contributed by atoms with E-state index >= 15 is 0 Å². The van der Waals surface area contributed by atoms with Gasteiger partial charge in [-0.05, 0) is 42.5 Å². The summed E-state index contributed by atoms with van der Waals surface area (Å²) < 4.78 is 13.0. The highest BCUT2D eigenvalue weighted by molar-refractivity contribution is 5.95. The lowest BCUT2D eigenvalue weighted by molar-refractivity contribution is -0.117. The van der Waals surface area contributed by atoms with Crippen molar-refractivity contribution in [1.82, 2.24) is 4.98 Å². The molecule has 0 saturated carbocycles. The number of halogens is 1. The molecular formula is C16H15FN2O. The Morgan fingerprint density at radius 3 is 2.90 bits per heavy atom. The number of benzene rings is 1. The van der Waals surface area contributed by atoms with E-state index in [1.165, 1.54) is 17.7 Å². The molecule has 1 aromatic heterocycles. The zero-order valence-electron chi connectivity index (χ0n) is 11.0. The Morgan fingerprint density at radius 1 is 1.20 bits per heavy atom. The standard InChI is InChI=1S/C16H15FN2O/c17-14-9-4-10-15(18-14)19-16(20)13-8-3-6-11-5-1-2-7-12(11)13/h1-2,4-5,7,9-10,13H,3,6,8H2,(H,18,19,20). The molecule has 1 aromatic carbocycles. The smallest absolute Gasteiger partial charge is 0.233 e. The average Bonchev–Trinajstić information content (AvgIpc) is 2.46. The number of hydrogen-bond acceptors (Lipinski definition) is 2. The second-order valence-corrected chi connectivity index (χ2v) is 4.98. The highest BCUT2D eigenvalue weighted by Crippen LogP contribution is 2.32. The molecule has 3 nitrogen and oxygen atoms in total. The maximum atomic E-state index is 13.0. The van der Waals surface area contributed by atoms with Gasteiger partial charge in [0.2, 0.25) is 11.9 Å². The SMILES string of the molecule is O=C(Nc1cccc(F)n1)C1CCCc2ccccc21. The molecule has 1 atom stereocenters. The van der Waals surface area contributed by atoms with Gasteiger partial charge in [-0.2, -0.15) is 4.39 Å². The number of anilines is 1. The number of aryl methyl sites for hydroxylation is 1. The van der Waals surface area contributed by atoms with Gasteiger partial charge < -0.3 is 5.32 Å². The molecule has 1 heterocycles. The number of fused-ring (bicyclic) bond motifs is 1. The normalized spacial score (nSPS) is 17.4. The summed E-state index contributed by atoms with van der Waals surface area (Å²) in [4.78, 5) is 16.0. The van der Waals surface area contributed by atoms with Crippen LogP contribution in [0.2, 0.25) is 0 Å². The summed E-state index contributed by atoms with van der Waals surface area (Å²) in [7, 11) is 0. The topological polar surface area (TPSA) is 42.0 Å². The van der Waals surface area contributed by atoms with E-state index in [1.807, 2.05) is 18.2 Å². The van der Waals surface area contributed by atoms with Gasteiger partial charge in [-0.25, -0.2) is 4.98 Å². The fourth-order valence-electron chi connectivity index (χ4n) is 2.72. The fourth-order valence-corrected chi connectivity index (χ4v) is 2.72. The van der Waals surface area contributed by atoms with Crippen molar-refractivity contribution in [2.75, 3.05) is 5.32 Å². The molecule has 0 fully saturated rings. The number of aromatic nitrogens is 1. The fraction of sp³-hybridized carbons (Fsp3) is 0.250. The Morgan fingerprint density at radius 2 is 2.05 bits per heavy atom. The predicted molar refractivity (Wildman–Crippen MR) is 74.9 cm³/mol. The Balaban J connectivity index is 1.82. The third-order valence-electron chi connectivity index (χ3n) is 3.65. The predicted octanol–water partition coefficient (Wildman–Crippen LogP) is 3.28. The molecule has 1 N–H and O–H groups in total. The second kappa shape index (κ2) is 5.41. The highest BCUT2D eigenvalue weighted by atomic mass is 19.1. The van der Waals surface area contributed by atoms with Gasteiger partial charge in [0.15, 0.2) is 0 Å². The van der Waals surface area contributed by atoms with Crippen LogP contribution in [0.1, 0.15) is 29.9 Å². The lowest BCUT2D eigenvalue weighted by atomic mass is 9.82. The van der Waals surface area contributed by atoms with Crippen molar-refractivity contribution in [2.24, 2.45) is 0 Å². The van der Waals surface area contributed by atoms with E-state index in [-0.39, 0.29) is 17.6 Å². The molecular weight excluding hydrogens is 255 g/mol. The first-order valence-corrected chi connectivity index (χ1v) is 6.75. The van der Waals surface area contributed by atoms with Crippen LogP contribution in [0, 0.1) is 5.95 Å². The summed E-state index contributed by atoms with van der Waals surface area (Å²) in [5.41, 5.74) is 2.30. The van der Waals surface area contributed by atoms with E-state index in [0.29, 0.717) is 0 Å². The molecule has 1 aliphatic carbocycles. The maximum absolute atomic E-state index is 13.0. The largest absolute Gasteiger partial charge is 0.310 e. The lowest BCUT2D eigenvalue weighted by Crippen LogP contribution is -2.25. The molecule has 3 rings (SSSR count). The summed E-state index contributed by atoms with van der Waals surface area (Å²) in [6.45, 7) is 0. The van der Waals surface area contributed by atoms with Gasteiger partial charge in [0.05, 0.1) is 5.92 Å². The molecule has 1 unspecified atom stereocenters. The van der Waals surface area contributed by atoms with Gasteiger partial charge >= 0.3 is 0 Å². The first-order valence-electron chi connectivity index (χ1n) is 6.75.